The predicted molar refractivity (Wildman–Crippen MR) is 74.7 cm³/mol. The minimum Gasteiger partial charge on any atom is -0.485 e. The van der Waals surface area contributed by atoms with Crippen LogP contribution in [-0.4, -0.2) is 31.2 Å². The Morgan fingerprint density at radius 3 is 2.85 bits per heavy atom. The van der Waals surface area contributed by atoms with Crippen molar-refractivity contribution < 1.29 is 14.3 Å². The number of hydrogen-bond donors (Lipinski definition) is 2. The van der Waals surface area contributed by atoms with Gasteiger partial charge in [-0.2, -0.15) is 0 Å². The largest absolute Gasteiger partial charge is 0.485 e. The molecule has 0 spiro atoms. The first-order valence-corrected chi connectivity index (χ1v) is 7.16. The molecule has 1 aromatic carbocycles. The van der Waals surface area contributed by atoms with Crippen molar-refractivity contribution >= 4 is 5.91 Å². The Bertz CT molecular complexity index is 492. The first kappa shape index (κ1) is 13.2. The number of rotatable bonds is 3. The van der Waals surface area contributed by atoms with Crippen molar-refractivity contribution in [2.75, 3.05) is 13.2 Å². The van der Waals surface area contributed by atoms with Crippen molar-refractivity contribution in [1.29, 1.82) is 0 Å². The molecule has 3 atom stereocenters. The molecule has 3 N–H and O–H groups in total. The van der Waals surface area contributed by atoms with Gasteiger partial charge in [0.15, 0.2) is 11.5 Å². The van der Waals surface area contributed by atoms with Crippen LogP contribution in [0.15, 0.2) is 24.3 Å². The summed E-state index contributed by atoms with van der Waals surface area (Å²) in [6, 6.07) is 7.59. The summed E-state index contributed by atoms with van der Waals surface area (Å²) in [6.07, 6.45) is 2.71. The molecule has 1 fully saturated rings. The number of nitrogens with one attached hydrogen (secondary N) is 1. The summed E-state index contributed by atoms with van der Waals surface area (Å²) in [4.78, 5) is 12.1. The van der Waals surface area contributed by atoms with E-state index in [-0.39, 0.29) is 18.6 Å². The number of amides is 1. The van der Waals surface area contributed by atoms with E-state index in [0.29, 0.717) is 24.0 Å². The molecule has 1 saturated carbocycles. The van der Waals surface area contributed by atoms with Crippen molar-refractivity contribution in [2.24, 2.45) is 11.7 Å². The maximum absolute atomic E-state index is 12.1. The normalized spacial score (nSPS) is 28.1. The fraction of sp³-hybridized carbons (Fsp3) is 0.533. The van der Waals surface area contributed by atoms with Crippen LogP contribution >= 0.6 is 0 Å². The van der Waals surface area contributed by atoms with Crippen LogP contribution in [0.25, 0.3) is 0 Å². The van der Waals surface area contributed by atoms with E-state index in [1.165, 1.54) is 0 Å². The molecule has 0 saturated heterocycles. The lowest BCUT2D eigenvalue weighted by molar-refractivity contribution is -0.130. The zero-order chi connectivity index (χ0) is 13.9. The molecule has 1 heterocycles. The lowest BCUT2D eigenvalue weighted by Crippen LogP contribution is -2.46. The van der Waals surface area contributed by atoms with Crippen LogP contribution in [0.2, 0.25) is 0 Å². The third-order valence-corrected chi connectivity index (χ3v) is 4.06. The van der Waals surface area contributed by atoms with Crippen LogP contribution in [0.1, 0.15) is 19.3 Å². The van der Waals surface area contributed by atoms with Gasteiger partial charge in [-0.05, 0) is 30.9 Å². The summed E-state index contributed by atoms with van der Waals surface area (Å²) in [5, 5.41) is 2.93. The van der Waals surface area contributed by atoms with Gasteiger partial charge >= 0.3 is 0 Å². The van der Waals surface area contributed by atoms with E-state index >= 15 is 0 Å². The topological polar surface area (TPSA) is 73.6 Å². The van der Waals surface area contributed by atoms with Gasteiger partial charge in [0.2, 0.25) is 6.10 Å². The zero-order valence-electron chi connectivity index (χ0n) is 11.4. The van der Waals surface area contributed by atoms with Gasteiger partial charge in [-0.15, -0.1) is 0 Å². The first-order chi connectivity index (χ1) is 9.74. The molecule has 1 amide bonds. The van der Waals surface area contributed by atoms with Crippen molar-refractivity contribution in [3.05, 3.63) is 24.3 Å². The smallest absolute Gasteiger partial charge is 0.264 e. The van der Waals surface area contributed by atoms with Gasteiger partial charge in [0, 0.05) is 12.6 Å². The molecular formula is C15H20N2O3. The van der Waals surface area contributed by atoms with E-state index in [1.54, 1.807) is 0 Å². The molecule has 1 aliphatic heterocycles. The summed E-state index contributed by atoms with van der Waals surface area (Å²) in [7, 11) is 0. The van der Waals surface area contributed by atoms with Crippen LogP contribution < -0.4 is 20.5 Å². The van der Waals surface area contributed by atoms with Crippen molar-refractivity contribution in [3.8, 4) is 11.5 Å². The Kier molecular flexibility index (Phi) is 3.78. The summed E-state index contributed by atoms with van der Waals surface area (Å²) in [5.41, 5.74) is 6.00. The number of hydrogen-bond acceptors (Lipinski definition) is 4. The summed E-state index contributed by atoms with van der Waals surface area (Å²) in [5.74, 6) is 1.57. The molecule has 2 aliphatic rings. The lowest BCUT2D eigenvalue weighted by Gasteiger charge is -2.26. The molecular weight excluding hydrogens is 256 g/mol. The Morgan fingerprint density at radius 2 is 2.10 bits per heavy atom. The van der Waals surface area contributed by atoms with Crippen LogP contribution in [0.5, 0.6) is 11.5 Å². The number of carbonyl (C=O) groups is 1. The fourth-order valence-electron chi connectivity index (χ4n) is 2.81. The number of nitrogens with two attached hydrogens (primary N) is 1. The quantitative estimate of drug-likeness (QED) is 0.866. The minimum absolute atomic E-state index is 0.126. The highest BCUT2D eigenvalue weighted by Gasteiger charge is 2.29. The average molecular weight is 276 g/mol. The van der Waals surface area contributed by atoms with E-state index in [2.05, 4.69) is 5.32 Å². The monoisotopic (exact) mass is 276 g/mol. The molecule has 3 rings (SSSR count). The number of ether oxygens (including phenoxy) is 2. The predicted octanol–water partition coefficient (Wildman–Crippen LogP) is 1.07. The van der Waals surface area contributed by atoms with Crippen molar-refractivity contribution in [1.82, 2.24) is 5.32 Å². The molecule has 1 aromatic rings. The Morgan fingerprint density at radius 1 is 1.30 bits per heavy atom. The lowest BCUT2D eigenvalue weighted by atomic mass is 10.0. The molecule has 1 aliphatic carbocycles. The van der Waals surface area contributed by atoms with Gasteiger partial charge in [-0.3, -0.25) is 4.79 Å². The first-order valence-electron chi connectivity index (χ1n) is 7.16. The zero-order valence-corrected chi connectivity index (χ0v) is 11.4. The van der Waals surface area contributed by atoms with Crippen LogP contribution in [-0.2, 0) is 4.79 Å². The molecule has 0 radical (unpaired) electrons. The van der Waals surface area contributed by atoms with Crippen LogP contribution in [0.3, 0.4) is 0 Å². The van der Waals surface area contributed by atoms with E-state index < -0.39 is 6.10 Å². The minimum atomic E-state index is -0.581. The molecule has 108 valence electrons. The maximum Gasteiger partial charge on any atom is 0.264 e. The highest BCUT2D eigenvalue weighted by molar-refractivity contribution is 5.81. The van der Waals surface area contributed by atoms with E-state index in [9.17, 15) is 4.79 Å². The Balaban J connectivity index is 1.54. The van der Waals surface area contributed by atoms with E-state index in [0.717, 1.165) is 19.3 Å². The number of benzene rings is 1. The third kappa shape index (κ3) is 2.72. The third-order valence-electron chi connectivity index (χ3n) is 4.06. The van der Waals surface area contributed by atoms with Gasteiger partial charge in [0.05, 0.1) is 0 Å². The fourth-order valence-corrected chi connectivity index (χ4v) is 2.81. The molecule has 20 heavy (non-hydrogen) atoms. The van der Waals surface area contributed by atoms with E-state index in [1.807, 2.05) is 24.3 Å². The van der Waals surface area contributed by atoms with Crippen LogP contribution in [0, 0.1) is 5.92 Å². The molecule has 5 heteroatoms. The average Bonchev–Trinajstić information content (AvgIpc) is 2.89. The second kappa shape index (κ2) is 5.71. The Labute approximate surface area is 118 Å². The van der Waals surface area contributed by atoms with Gasteiger partial charge in [-0.25, -0.2) is 0 Å². The highest BCUT2D eigenvalue weighted by atomic mass is 16.6. The second-order valence-electron chi connectivity index (χ2n) is 5.46. The Hall–Kier alpha value is -1.75. The highest BCUT2D eigenvalue weighted by Crippen LogP contribution is 2.31. The summed E-state index contributed by atoms with van der Waals surface area (Å²) < 4.78 is 11.2. The number of fused-ring (bicyclic) bond motifs is 1. The second-order valence-corrected chi connectivity index (χ2v) is 5.46. The number of carbonyl (C=O) groups excluding carboxylic acids is 1. The molecule has 3 unspecified atom stereocenters. The number of para-hydroxylation sites is 2. The molecule has 0 bridgehead atoms. The summed E-state index contributed by atoms with van der Waals surface area (Å²) >= 11 is 0. The van der Waals surface area contributed by atoms with Gasteiger partial charge < -0.3 is 20.5 Å². The SMILES string of the molecule is NC1CCCC1CNC(=O)C1COc2ccccc2O1. The van der Waals surface area contributed by atoms with Gasteiger partial charge in [0.25, 0.3) is 5.91 Å². The van der Waals surface area contributed by atoms with Gasteiger partial charge in [0.1, 0.15) is 6.61 Å². The maximum atomic E-state index is 12.1. The molecule has 0 aromatic heterocycles. The standard InChI is InChI=1S/C15H20N2O3/c16-11-5-3-4-10(11)8-17-15(18)14-9-19-12-6-1-2-7-13(12)20-14/h1-2,6-7,10-11,14H,3-5,8-9,16H2,(H,17,18). The van der Waals surface area contributed by atoms with Gasteiger partial charge in [-0.1, -0.05) is 18.6 Å². The van der Waals surface area contributed by atoms with Crippen LogP contribution in [0.4, 0.5) is 0 Å². The molecule has 5 nitrogen and oxygen atoms in total. The summed E-state index contributed by atoms with van der Waals surface area (Å²) in [6.45, 7) is 0.876. The van der Waals surface area contributed by atoms with E-state index in [4.69, 9.17) is 15.2 Å². The van der Waals surface area contributed by atoms with Crippen molar-refractivity contribution in [3.63, 3.8) is 0 Å². The van der Waals surface area contributed by atoms with Crippen molar-refractivity contribution in [2.45, 2.75) is 31.4 Å².